The van der Waals surface area contributed by atoms with Gasteiger partial charge in [0, 0.05) is 12.5 Å². The first-order valence-corrected chi connectivity index (χ1v) is 7.18. The summed E-state index contributed by atoms with van der Waals surface area (Å²) in [5, 5.41) is 3.28. The molecule has 0 saturated carbocycles. The lowest BCUT2D eigenvalue weighted by Crippen LogP contribution is -2.31. The predicted octanol–water partition coefficient (Wildman–Crippen LogP) is 2.84. The van der Waals surface area contributed by atoms with Gasteiger partial charge in [-0.3, -0.25) is 4.79 Å². The molecule has 0 aromatic carbocycles. The van der Waals surface area contributed by atoms with Crippen LogP contribution in [0.3, 0.4) is 0 Å². The summed E-state index contributed by atoms with van der Waals surface area (Å²) >= 11 is 0. The van der Waals surface area contributed by atoms with Gasteiger partial charge in [0.25, 0.3) is 0 Å². The molecule has 1 amide bonds. The lowest BCUT2D eigenvalue weighted by atomic mass is 10.1. The Morgan fingerprint density at radius 1 is 1.06 bits per heavy atom. The summed E-state index contributed by atoms with van der Waals surface area (Å²) in [6.07, 6.45) is 10.7. The summed E-state index contributed by atoms with van der Waals surface area (Å²) < 4.78 is 0. The van der Waals surface area contributed by atoms with Gasteiger partial charge >= 0.3 is 0 Å². The highest BCUT2D eigenvalue weighted by atomic mass is 16.1. The number of carbonyl (C=O) groups excluding carboxylic acids is 1. The maximum Gasteiger partial charge on any atom is 0.221 e. The molecule has 0 rings (SSSR count). The Kier molecular flexibility index (Phi) is 11.5. The maximum absolute atomic E-state index is 10.8. The molecule has 1 unspecified atom stereocenters. The van der Waals surface area contributed by atoms with Crippen LogP contribution in [0.2, 0.25) is 0 Å². The van der Waals surface area contributed by atoms with E-state index in [2.05, 4.69) is 12.2 Å². The second kappa shape index (κ2) is 11.9. The van der Waals surface area contributed by atoms with Gasteiger partial charge in [0.2, 0.25) is 5.91 Å². The zero-order chi connectivity index (χ0) is 12.9. The third-order valence-corrected chi connectivity index (χ3v) is 3.14. The molecule has 102 valence electrons. The summed E-state index contributed by atoms with van der Waals surface area (Å²) in [6, 6.07) is 0. The molecule has 0 fully saturated rings. The Morgan fingerprint density at radius 2 is 1.59 bits per heavy atom. The van der Waals surface area contributed by atoms with Crippen LogP contribution in [0, 0.1) is 5.92 Å². The third kappa shape index (κ3) is 11.7. The van der Waals surface area contributed by atoms with Crippen molar-refractivity contribution in [3.63, 3.8) is 0 Å². The number of nitrogens with two attached hydrogens (primary N) is 1. The van der Waals surface area contributed by atoms with Crippen LogP contribution >= 0.6 is 0 Å². The smallest absolute Gasteiger partial charge is 0.221 e. The summed E-state index contributed by atoms with van der Waals surface area (Å²) in [5.74, 6) is -0.266. The largest absolute Gasteiger partial charge is 0.369 e. The molecule has 1 atom stereocenters. The highest BCUT2D eigenvalue weighted by molar-refractivity contribution is 5.76. The van der Waals surface area contributed by atoms with Crippen molar-refractivity contribution >= 4 is 5.91 Å². The van der Waals surface area contributed by atoms with E-state index in [9.17, 15) is 4.79 Å². The molecule has 3 heteroatoms. The molecule has 0 bridgehead atoms. The quantitative estimate of drug-likeness (QED) is 0.517. The third-order valence-electron chi connectivity index (χ3n) is 3.14. The second-order valence-electron chi connectivity index (χ2n) is 4.98. The number of hydrogen-bond donors (Lipinski definition) is 2. The van der Waals surface area contributed by atoms with E-state index in [4.69, 9.17) is 5.73 Å². The molecule has 0 aliphatic rings. The van der Waals surface area contributed by atoms with E-state index in [0.29, 0.717) is 6.54 Å². The van der Waals surface area contributed by atoms with E-state index in [1.807, 2.05) is 6.92 Å². The molecular formula is C14H30N2O. The van der Waals surface area contributed by atoms with Gasteiger partial charge in [-0.2, -0.15) is 0 Å². The Bertz CT molecular complexity index is 183. The van der Waals surface area contributed by atoms with E-state index in [0.717, 1.165) is 6.54 Å². The van der Waals surface area contributed by atoms with Crippen molar-refractivity contribution in [3.05, 3.63) is 0 Å². The van der Waals surface area contributed by atoms with Crippen LogP contribution in [0.15, 0.2) is 0 Å². The summed E-state index contributed by atoms with van der Waals surface area (Å²) in [6.45, 7) is 5.83. The standard InChI is InChI=1S/C14H30N2O/c1-3-4-5-6-7-8-9-10-11-16-12-13(2)14(15)17/h13,16H,3-12H2,1-2H3,(H2,15,17). The van der Waals surface area contributed by atoms with E-state index in [-0.39, 0.29) is 11.8 Å². The van der Waals surface area contributed by atoms with Crippen molar-refractivity contribution in [2.75, 3.05) is 13.1 Å². The van der Waals surface area contributed by atoms with Gasteiger partial charge in [-0.15, -0.1) is 0 Å². The molecular weight excluding hydrogens is 212 g/mol. The fourth-order valence-corrected chi connectivity index (χ4v) is 1.80. The molecule has 0 aliphatic heterocycles. The van der Waals surface area contributed by atoms with Gasteiger partial charge in [0.15, 0.2) is 0 Å². The lowest BCUT2D eigenvalue weighted by molar-refractivity contribution is -0.121. The van der Waals surface area contributed by atoms with Crippen LogP contribution < -0.4 is 11.1 Å². The first-order valence-electron chi connectivity index (χ1n) is 7.18. The van der Waals surface area contributed by atoms with E-state index in [1.54, 1.807) is 0 Å². The Hall–Kier alpha value is -0.570. The van der Waals surface area contributed by atoms with Crippen LogP contribution in [0.5, 0.6) is 0 Å². The minimum absolute atomic E-state index is 0.0518. The van der Waals surface area contributed by atoms with Crippen molar-refractivity contribution in [3.8, 4) is 0 Å². The molecule has 3 nitrogen and oxygen atoms in total. The number of carbonyl (C=O) groups is 1. The normalized spacial score (nSPS) is 12.6. The average molecular weight is 242 g/mol. The van der Waals surface area contributed by atoms with E-state index in [1.165, 1.54) is 51.4 Å². The number of unbranched alkanes of at least 4 members (excludes halogenated alkanes) is 7. The van der Waals surface area contributed by atoms with Crippen LogP contribution in [0.25, 0.3) is 0 Å². The monoisotopic (exact) mass is 242 g/mol. The molecule has 17 heavy (non-hydrogen) atoms. The molecule has 3 N–H and O–H groups in total. The van der Waals surface area contributed by atoms with Crippen molar-refractivity contribution < 1.29 is 4.79 Å². The van der Waals surface area contributed by atoms with Gasteiger partial charge in [0.05, 0.1) is 0 Å². The fourth-order valence-electron chi connectivity index (χ4n) is 1.80. The maximum atomic E-state index is 10.8. The summed E-state index contributed by atoms with van der Waals surface area (Å²) in [4.78, 5) is 10.8. The number of hydrogen-bond acceptors (Lipinski definition) is 2. The van der Waals surface area contributed by atoms with Gasteiger partial charge in [-0.05, 0) is 13.0 Å². The molecule has 0 aliphatic carbocycles. The lowest BCUT2D eigenvalue weighted by Gasteiger charge is -2.08. The summed E-state index contributed by atoms with van der Waals surface area (Å²) in [5.41, 5.74) is 5.18. The first kappa shape index (κ1) is 16.4. The zero-order valence-electron chi connectivity index (χ0n) is 11.6. The van der Waals surface area contributed by atoms with Gasteiger partial charge in [-0.25, -0.2) is 0 Å². The average Bonchev–Trinajstić information content (AvgIpc) is 2.31. The van der Waals surface area contributed by atoms with Crippen molar-refractivity contribution in [1.82, 2.24) is 5.32 Å². The minimum Gasteiger partial charge on any atom is -0.369 e. The SMILES string of the molecule is CCCCCCCCCCNCC(C)C(N)=O. The zero-order valence-corrected chi connectivity index (χ0v) is 11.6. The number of rotatable bonds is 12. The van der Waals surface area contributed by atoms with Crippen LogP contribution in [-0.4, -0.2) is 19.0 Å². The molecule has 0 aromatic heterocycles. The topological polar surface area (TPSA) is 55.1 Å². The first-order chi connectivity index (χ1) is 8.18. The van der Waals surface area contributed by atoms with Gasteiger partial charge in [-0.1, -0.05) is 58.8 Å². The highest BCUT2D eigenvalue weighted by Gasteiger charge is 2.06. The Balaban J connectivity index is 3.06. The van der Waals surface area contributed by atoms with E-state index >= 15 is 0 Å². The molecule has 0 aromatic rings. The molecule has 0 saturated heterocycles. The number of nitrogens with one attached hydrogen (secondary N) is 1. The number of amides is 1. The fraction of sp³-hybridized carbons (Fsp3) is 0.929. The van der Waals surface area contributed by atoms with Gasteiger partial charge < -0.3 is 11.1 Å². The molecule has 0 heterocycles. The molecule has 0 radical (unpaired) electrons. The minimum atomic E-state index is -0.214. The van der Waals surface area contributed by atoms with Crippen LogP contribution in [0.4, 0.5) is 0 Å². The molecule has 0 spiro atoms. The van der Waals surface area contributed by atoms with Crippen LogP contribution in [-0.2, 0) is 4.79 Å². The summed E-state index contributed by atoms with van der Waals surface area (Å²) in [7, 11) is 0. The second-order valence-corrected chi connectivity index (χ2v) is 4.98. The number of primary amides is 1. The van der Waals surface area contributed by atoms with Crippen molar-refractivity contribution in [2.24, 2.45) is 11.7 Å². The van der Waals surface area contributed by atoms with Crippen LogP contribution in [0.1, 0.15) is 65.2 Å². The van der Waals surface area contributed by atoms with E-state index < -0.39 is 0 Å². The Morgan fingerprint density at radius 3 is 2.12 bits per heavy atom. The highest BCUT2D eigenvalue weighted by Crippen LogP contribution is 2.07. The van der Waals surface area contributed by atoms with Crippen molar-refractivity contribution in [1.29, 1.82) is 0 Å². The Labute approximate surface area is 107 Å². The van der Waals surface area contributed by atoms with Crippen molar-refractivity contribution in [2.45, 2.75) is 65.2 Å². The predicted molar refractivity (Wildman–Crippen MR) is 73.8 cm³/mol. The van der Waals surface area contributed by atoms with Gasteiger partial charge in [0.1, 0.15) is 0 Å².